The van der Waals surface area contributed by atoms with Gasteiger partial charge in [-0.3, -0.25) is 9.59 Å². The van der Waals surface area contributed by atoms with Crippen LogP contribution in [0.15, 0.2) is 24.4 Å². The van der Waals surface area contributed by atoms with Gasteiger partial charge in [0.25, 0.3) is 11.8 Å². The molecule has 3 N–H and O–H groups in total. The Morgan fingerprint density at radius 1 is 1.25 bits per heavy atom. The van der Waals surface area contributed by atoms with Gasteiger partial charge in [0, 0.05) is 18.8 Å². The Morgan fingerprint density at radius 2 is 2.00 bits per heavy atom. The number of benzene rings is 1. The smallest absolute Gasteiger partial charge is 0.267 e. The van der Waals surface area contributed by atoms with Crippen LogP contribution in [-0.4, -0.2) is 29.9 Å². The Balaban J connectivity index is 1.86. The summed E-state index contributed by atoms with van der Waals surface area (Å²) in [6.07, 6.45) is 4.95. The van der Waals surface area contributed by atoms with Gasteiger partial charge >= 0.3 is 0 Å². The van der Waals surface area contributed by atoms with Crippen LogP contribution in [0.2, 0.25) is 0 Å². The molecule has 0 radical (unpaired) electrons. The molecule has 1 saturated heterocycles. The fraction of sp³-hybridized carbons (Fsp3) is 0.353. The number of piperidine rings is 1. The van der Waals surface area contributed by atoms with Crippen molar-refractivity contribution in [2.24, 2.45) is 5.73 Å². The minimum Gasteiger partial charge on any atom is -0.371 e. The first-order valence-electron chi connectivity index (χ1n) is 7.97. The number of nitrogens with one attached hydrogen (secondary N) is 1. The highest BCUT2D eigenvalue weighted by atomic mass is 32.1. The zero-order chi connectivity index (χ0) is 17.1. The Labute approximate surface area is 144 Å². The van der Waals surface area contributed by atoms with E-state index in [0.717, 1.165) is 36.6 Å². The number of carbonyl (C=O) groups is 2. The van der Waals surface area contributed by atoms with E-state index >= 15 is 0 Å². The van der Waals surface area contributed by atoms with Crippen molar-refractivity contribution in [2.75, 3.05) is 23.3 Å². The molecule has 0 aliphatic carbocycles. The lowest BCUT2D eigenvalue weighted by molar-refractivity contribution is 0.0998. The fourth-order valence-corrected chi connectivity index (χ4v) is 3.55. The summed E-state index contributed by atoms with van der Waals surface area (Å²) >= 11 is 1.35. The summed E-state index contributed by atoms with van der Waals surface area (Å²) in [6.45, 7) is 3.65. The zero-order valence-electron chi connectivity index (χ0n) is 13.5. The summed E-state index contributed by atoms with van der Waals surface area (Å²) in [5.74, 6) is -0.649. The van der Waals surface area contributed by atoms with Gasteiger partial charge in [-0.2, -0.15) is 0 Å². The lowest BCUT2D eigenvalue weighted by Gasteiger charge is -2.30. The molecule has 1 aliphatic heterocycles. The number of aromatic nitrogens is 1. The van der Waals surface area contributed by atoms with E-state index in [1.165, 1.54) is 17.8 Å². The number of nitrogens with zero attached hydrogens (tertiary/aromatic N) is 2. The third-order valence-corrected chi connectivity index (χ3v) is 4.97. The molecule has 0 saturated carbocycles. The van der Waals surface area contributed by atoms with E-state index in [1.54, 1.807) is 18.3 Å². The molecule has 1 aliphatic rings. The number of hydrogen-bond donors (Lipinski definition) is 2. The van der Waals surface area contributed by atoms with Gasteiger partial charge in [-0.05, 0) is 44.4 Å². The Hall–Kier alpha value is -2.41. The number of carbonyl (C=O) groups excluding carboxylic acids is 2. The second-order valence-corrected chi connectivity index (χ2v) is 7.08. The molecule has 2 heterocycles. The number of anilines is 2. The first kappa shape index (κ1) is 16.4. The number of thiazole rings is 1. The van der Waals surface area contributed by atoms with Crippen LogP contribution >= 0.6 is 11.3 Å². The van der Waals surface area contributed by atoms with Crippen LogP contribution in [0.1, 0.15) is 44.3 Å². The molecule has 126 valence electrons. The number of rotatable bonds is 4. The molecule has 2 amide bonds. The number of primary amides is 1. The first-order chi connectivity index (χ1) is 11.5. The van der Waals surface area contributed by atoms with Crippen LogP contribution in [-0.2, 0) is 0 Å². The van der Waals surface area contributed by atoms with Gasteiger partial charge in [-0.1, -0.05) is 0 Å². The van der Waals surface area contributed by atoms with Crippen molar-refractivity contribution in [1.82, 2.24) is 4.98 Å². The minimum absolute atomic E-state index is 0.197. The van der Waals surface area contributed by atoms with Crippen LogP contribution < -0.4 is 16.0 Å². The predicted molar refractivity (Wildman–Crippen MR) is 95.8 cm³/mol. The summed E-state index contributed by atoms with van der Waals surface area (Å²) in [4.78, 5) is 30.8. The quantitative estimate of drug-likeness (QED) is 0.892. The largest absolute Gasteiger partial charge is 0.371 e. The minimum atomic E-state index is -0.452. The van der Waals surface area contributed by atoms with Crippen molar-refractivity contribution in [2.45, 2.75) is 26.2 Å². The zero-order valence-corrected chi connectivity index (χ0v) is 14.4. The molecule has 1 aromatic carbocycles. The Morgan fingerprint density at radius 3 is 2.62 bits per heavy atom. The number of nitrogens with two attached hydrogens (primary N) is 1. The standard InChI is InChI=1S/C17H20N4O2S/c1-11-19-10-15(24-11)17(23)20-12-5-6-13(16(18)22)14(9-12)21-7-3-2-4-8-21/h5-6,9-10H,2-4,7-8H2,1H3,(H2,18,22)(H,20,23). The molecule has 1 fully saturated rings. The maximum absolute atomic E-state index is 12.3. The third-order valence-electron chi connectivity index (χ3n) is 4.06. The van der Waals surface area contributed by atoms with Gasteiger partial charge in [0.15, 0.2) is 0 Å². The highest BCUT2D eigenvalue weighted by Gasteiger charge is 2.18. The SMILES string of the molecule is Cc1ncc(C(=O)Nc2ccc(C(N)=O)c(N3CCCCC3)c2)s1. The van der Waals surface area contributed by atoms with Gasteiger partial charge < -0.3 is 16.0 Å². The van der Waals surface area contributed by atoms with Crippen molar-refractivity contribution >= 4 is 34.5 Å². The van der Waals surface area contributed by atoms with Crippen LogP contribution in [0.25, 0.3) is 0 Å². The van der Waals surface area contributed by atoms with Crippen molar-refractivity contribution in [3.05, 3.63) is 39.8 Å². The predicted octanol–water partition coefficient (Wildman–Crippen LogP) is 2.79. The van der Waals surface area contributed by atoms with E-state index in [2.05, 4.69) is 15.2 Å². The van der Waals surface area contributed by atoms with Crippen molar-refractivity contribution in [3.8, 4) is 0 Å². The van der Waals surface area contributed by atoms with Gasteiger partial charge in [0.2, 0.25) is 0 Å². The van der Waals surface area contributed by atoms with E-state index in [0.29, 0.717) is 16.1 Å². The van der Waals surface area contributed by atoms with E-state index in [-0.39, 0.29) is 5.91 Å². The average molecular weight is 344 g/mol. The van der Waals surface area contributed by atoms with Crippen molar-refractivity contribution < 1.29 is 9.59 Å². The monoisotopic (exact) mass is 344 g/mol. The molecule has 0 bridgehead atoms. The highest BCUT2D eigenvalue weighted by Crippen LogP contribution is 2.28. The van der Waals surface area contributed by atoms with Gasteiger partial charge in [-0.25, -0.2) is 4.98 Å². The molecular weight excluding hydrogens is 324 g/mol. The fourth-order valence-electron chi connectivity index (χ4n) is 2.87. The van der Waals surface area contributed by atoms with Crippen LogP contribution in [0.5, 0.6) is 0 Å². The maximum Gasteiger partial charge on any atom is 0.267 e. The molecule has 24 heavy (non-hydrogen) atoms. The first-order valence-corrected chi connectivity index (χ1v) is 8.79. The molecule has 6 nitrogen and oxygen atoms in total. The highest BCUT2D eigenvalue weighted by molar-refractivity contribution is 7.13. The summed E-state index contributed by atoms with van der Waals surface area (Å²) in [5.41, 5.74) is 7.44. The van der Waals surface area contributed by atoms with Crippen LogP contribution in [0, 0.1) is 6.92 Å². The number of hydrogen-bond acceptors (Lipinski definition) is 5. The summed E-state index contributed by atoms with van der Waals surface area (Å²) in [6, 6.07) is 5.22. The molecule has 0 spiro atoms. The summed E-state index contributed by atoms with van der Waals surface area (Å²) < 4.78 is 0. The second-order valence-electron chi connectivity index (χ2n) is 5.84. The van der Waals surface area contributed by atoms with E-state index in [9.17, 15) is 9.59 Å². The van der Waals surface area contributed by atoms with Crippen LogP contribution in [0.3, 0.4) is 0 Å². The van der Waals surface area contributed by atoms with E-state index in [4.69, 9.17) is 5.73 Å². The topological polar surface area (TPSA) is 88.3 Å². The average Bonchev–Trinajstić information content (AvgIpc) is 3.02. The molecule has 0 atom stereocenters. The normalized spacial score (nSPS) is 14.5. The van der Waals surface area contributed by atoms with Gasteiger partial charge in [0.05, 0.1) is 22.5 Å². The molecule has 2 aromatic rings. The lowest BCUT2D eigenvalue weighted by atomic mass is 10.1. The Kier molecular flexibility index (Phi) is 4.80. The number of amides is 2. The molecule has 1 aromatic heterocycles. The van der Waals surface area contributed by atoms with Gasteiger partial charge in [-0.15, -0.1) is 11.3 Å². The van der Waals surface area contributed by atoms with Crippen LogP contribution in [0.4, 0.5) is 11.4 Å². The van der Waals surface area contributed by atoms with Gasteiger partial charge in [0.1, 0.15) is 4.88 Å². The molecule has 7 heteroatoms. The maximum atomic E-state index is 12.3. The second kappa shape index (κ2) is 7.00. The van der Waals surface area contributed by atoms with Crippen molar-refractivity contribution in [1.29, 1.82) is 0 Å². The summed E-state index contributed by atoms with van der Waals surface area (Å²) in [5, 5.41) is 3.72. The van der Waals surface area contributed by atoms with E-state index < -0.39 is 5.91 Å². The lowest BCUT2D eigenvalue weighted by Crippen LogP contribution is -2.31. The Bertz CT molecular complexity index is 766. The molecule has 3 rings (SSSR count). The molecule has 0 unspecified atom stereocenters. The van der Waals surface area contributed by atoms with E-state index in [1.807, 2.05) is 13.0 Å². The van der Waals surface area contributed by atoms with Crippen molar-refractivity contribution in [3.63, 3.8) is 0 Å². The third kappa shape index (κ3) is 3.56. The molecular formula is C17H20N4O2S. The number of aryl methyl sites for hydroxylation is 1. The summed E-state index contributed by atoms with van der Waals surface area (Å²) in [7, 11) is 0.